The molecule has 0 aromatic heterocycles. The predicted octanol–water partition coefficient (Wildman–Crippen LogP) is 0.920. The summed E-state index contributed by atoms with van der Waals surface area (Å²) >= 11 is 0. The fourth-order valence-corrected chi connectivity index (χ4v) is 3.51. The Kier molecular flexibility index (Phi) is 11.4. The van der Waals surface area contributed by atoms with E-state index in [-0.39, 0.29) is 6.61 Å². The number of hydrogen-bond donors (Lipinski definition) is 0. The first kappa shape index (κ1) is 29.3. The largest absolute Gasteiger partial charge is 0.463 e. The Hall–Kier alpha value is -2.73. The van der Waals surface area contributed by atoms with E-state index >= 15 is 0 Å². The van der Waals surface area contributed by atoms with E-state index in [2.05, 4.69) is 0 Å². The first-order valence-electron chi connectivity index (χ1n) is 10.8. The average Bonchev–Trinajstić information content (AvgIpc) is 2.67. The van der Waals surface area contributed by atoms with Crippen molar-refractivity contribution in [2.24, 2.45) is 11.8 Å². The van der Waals surface area contributed by atoms with Gasteiger partial charge in [0.2, 0.25) is 0 Å². The maximum Gasteiger partial charge on any atom is 0.321 e. The zero-order valence-electron chi connectivity index (χ0n) is 20.7. The van der Waals surface area contributed by atoms with Crippen LogP contribution in [0.25, 0.3) is 0 Å². The summed E-state index contributed by atoms with van der Waals surface area (Å²) in [6.07, 6.45) is -6.40. The van der Waals surface area contributed by atoms with Crippen LogP contribution in [-0.4, -0.2) is 80.4 Å². The van der Waals surface area contributed by atoms with Gasteiger partial charge in [-0.3, -0.25) is 24.0 Å². The van der Waals surface area contributed by atoms with Crippen LogP contribution in [0, 0.1) is 11.8 Å². The Morgan fingerprint density at radius 1 is 0.765 bits per heavy atom. The third-order valence-electron chi connectivity index (χ3n) is 4.58. The van der Waals surface area contributed by atoms with E-state index < -0.39 is 78.5 Å². The molecule has 1 saturated heterocycles. The summed E-state index contributed by atoms with van der Waals surface area (Å²) in [5.41, 5.74) is 0. The third kappa shape index (κ3) is 8.56. The van der Waals surface area contributed by atoms with E-state index in [9.17, 15) is 24.0 Å². The summed E-state index contributed by atoms with van der Waals surface area (Å²) in [7, 11) is 1.25. The average molecular weight is 491 g/mol. The molecule has 0 amide bonds. The van der Waals surface area contributed by atoms with E-state index in [1.54, 1.807) is 27.7 Å². The topological polar surface area (TPSA) is 150 Å². The van der Waals surface area contributed by atoms with Gasteiger partial charge in [-0.25, -0.2) is 0 Å². The highest BCUT2D eigenvalue weighted by molar-refractivity contribution is 5.95. The SMILES string of the molecule is CO[C@@H]1O[C@H](COC(C)=O)[C@H](OC(C)=O)[C@H](OC(C)=O)[C@H]1C(C(=O)OC(C)C)C(=O)OC(C)C. The van der Waals surface area contributed by atoms with Crippen LogP contribution in [0.15, 0.2) is 0 Å². The monoisotopic (exact) mass is 490 g/mol. The maximum absolute atomic E-state index is 13.0. The fourth-order valence-electron chi connectivity index (χ4n) is 3.51. The van der Waals surface area contributed by atoms with Crippen LogP contribution in [0.5, 0.6) is 0 Å². The van der Waals surface area contributed by atoms with Crippen molar-refractivity contribution in [2.45, 2.75) is 85.3 Å². The highest BCUT2D eigenvalue weighted by atomic mass is 16.7. The molecule has 0 aliphatic carbocycles. The van der Waals surface area contributed by atoms with Gasteiger partial charge in [0.25, 0.3) is 0 Å². The molecule has 194 valence electrons. The minimum absolute atomic E-state index is 0.380. The highest BCUT2D eigenvalue weighted by Gasteiger charge is 2.57. The molecule has 0 saturated carbocycles. The molecule has 1 aliphatic heterocycles. The number of rotatable bonds is 10. The molecule has 0 aromatic carbocycles. The van der Waals surface area contributed by atoms with E-state index in [1.165, 1.54) is 14.0 Å². The molecule has 0 spiro atoms. The second-order valence-corrected chi connectivity index (χ2v) is 8.26. The van der Waals surface area contributed by atoms with Crippen molar-refractivity contribution in [1.82, 2.24) is 0 Å². The van der Waals surface area contributed by atoms with Gasteiger partial charge in [-0.05, 0) is 27.7 Å². The van der Waals surface area contributed by atoms with Gasteiger partial charge < -0.3 is 33.2 Å². The molecule has 0 radical (unpaired) electrons. The van der Waals surface area contributed by atoms with Gasteiger partial charge in [0.15, 0.2) is 24.4 Å². The van der Waals surface area contributed by atoms with Crippen molar-refractivity contribution < 1.29 is 57.1 Å². The van der Waals surface area contributed by atoms with Crippen LogP contribution in [0.2, 0.25) is 0 Å². The van der Waals surface area contributed by atoms with Gasteiger partial charge >= 0.3 is 29.8 Å². The van der Waals surface area contributed by atoms with Crippen LogP contribution < -0.4 is 0 Å². The fraction of sp³-hybridized carbons (Fsp3) is 0.773. The summed E-state index contributed by atoms with van der Waals surface area (Å²) in [6, 6.07) is 0. The lowest BCUT2D eigenvalue weighted by atomic mass is 9.80. The van der Waals surface area contributed by atoms with Gasteiger partial charge in [0.1, 0.15) is 12.7 Å². The summed E-state index contributed by atoms with van der Waals surface area (Å²) in [5.74, 6) is -7.11. The lowest BCUT2D eigenvalue weighted by Gasteiger charge is -2.46. The minimum atomic E-state index is -1.66. The molecule has 34 heavy (non-hydrogen) atoms. The molecule has 0 bridgehead atoms. The van der Waals surface area contributed by atoms with Gasteiger partial charge in [-0.15, -0.1) is 0 Å². The molecule has 12 heteroatoms. The van der Waals surface area contributed by atoms with E-state index in [4.69, 9.17) is 33.2 Å². The van der Waals surface area contributed by atoms with Crippen molar-refractivity contribution >= 4 is 29.8 Å². The summed E-state index contributed by atoms with van der Waals surface area (Å²) < 4.78 is 37.6. The lowest BCUT2D eigenvalue weighted by molar-refractivity contribution is -0.293. The lowest BCUT2D eigenvalue weighted by Crippen LogP contribution is -2.62. The van der Waals surface area contributed by atoms with Crippen molar-refractivity contribution in [3.8, 4) is 0 Å². The minimum Gasteiger partial charge on any atom is -0.463 e. The number of ether oxygens (including phenoxy) is 7. The molecule has 12 nitrogen and oxygen atoms in total. The summed E-state index contributed by atoms with van der Waals surface area (Å²) in [5, 5.41) is 0. The van der Waals surface area contributed by atoms with Crippen LogP contribution >= 0.6 is 0 Å². The molecule has 1 fully saturated rings. The van der Waals surface area contributed by atoms with Crippen molar-refractivity contribution in [2.75, 3.05) is 13.7 Å². The van der Waals surface area contributed by atoms with Gasteiger partial charge in [0, 0.05) is 27.9 Å². The molecule has 5 atom stereocenters. The first-order chi connectivity index (χ1) is 15.8. The normalized spacial score (nSPS) is 24.5. The number of methoxy groups -OCH3 is 1. The Balaban J connectivity index is 3.61. The summed E-state index contributed by atoms with van der Waals surface area (Å²) in [4.78, 5) is 61.3. The Bertz CT molecular complexity index is 724. The molecule has 1 aliphatic rings. The molecular formula is C22H34O12. The van der Waals surface area contributed by atoms with Crippen LogP contribution in [0.4, 0.5) is 0 Å². The standard InChI is InChI=1S/C22H34O12/c1-10(2)30-20(26)17(21(27)31-11(3)4)16-19(33-14(7)25)18(32-13(6)24)15(9-29-12(5)23)34-22(16)28-8/h10-11,15-19,22H,9H2,1-8H3/t15-,16-,18+,19-,22-/m1/s1. The number of carbonyl (C=O) groups excluding carboxylic acids is 5. The Labute approximate surface area is 198 Å². The smallest absolute Gasteiger partial charge is 0.321 e. The third-order valence-corrected chi connectivity index (χ3v) is 4.58. The molecule has 1 rings (SSSR count). The molecule has 0 N–H and O–H groups in total. The molecule has 0 unspecified atom stereocenters. The van der Waals surface area contributed by atoms with Gasteiger partial charge in [0.05, 0.1) is 18.1 Å². The Morgan fingerprint density at radius 2 is 1.24 bits per heavy atom. The second kappa shape index (κ2) is 13.2. The van der Waals surface area contributed by atoms with E-state index in [1.807, 2.05) is 0 Å². The maximum atomic E-state index is 13.0. The number of hydrogen-bond acceptors (Lipinski definition) is 12. The highest BCUT2D eigenvalue weighted by Crippen LogP contribution is 2.37. The first-order valence-corrected chi connectivity index (χ1v) is 10.8. The molecule has 1 heterocycles. The Morgan fingerprint density at radius 3 is 1.62 bits per heavy atom. The van der Waals surface area contributed by atoms with E-state index in [0.29, 0.717) is 0 Å². The van der Waals surface area contributed by atoms with Crippen molar-refractivity contribution in [1.29, 1.82) is 0 Å². The zero-order valence-corrected chi connectivity index (χ0v) is 20.7. The molecular weight excluding hydrogens is 456 g/mol. The van der Waals surface area contributed by atoms with Crippen molar-refractivity contribution in [3.63, 3.8) is 0 Å². The van der Waals surface area contributed by atoms with Crippen LogP contribution in [0.1, 0.15) is 48.5 Å². The van der Waals surface area contributed by atoms with E-state index in [0.717, 1.165) is 13.8 Å². The van der Waals surface area contributed by atoms with Crippen LogP contribution in [-0.2, 0) is 57.1 Å². The number of esters is 5. The zero-order chi connectivity index (χ0) is 26.2. The van der Waals surface area contributed by atoms with Crippen molar-refractivity contribution in [3.05, 3.63) is 0 Å². The summed E-state index contributed by atoms with van der Waals surface area (Å²) in [6.45, 7) is 9.38. The predicted molar refractivity (Wildman–Crippen MR) is 113 cm³/mol. The van der Waals surface area contributed by atoms with Gasteiger partial charge in [-0.1, -0.05) is 0 Å². The number of carbonyl (C=O) groups is 5. The van der Waals surface area contributed by atoms with Gasteiger partial charge in [-0.2, -0.15) is 0 Å². The van der Waals surface area contributed by atoms with Crippen LogP contribution in [0.3, 0.4) is 0 Å². The molecule has 0 aromatic rings. The second-order valence-electron chi connectivity index (χ2n) is 8.26. The quantitative estimate of drug-likeness (QED) is 0.243.